The van der Waals surface area contributed by atoms with Gasteiger partial charge >= 0.3 is 0 Å². The number of hydrogen-bond acceptors (Lipinski definition) is 4. The van der Waals surface area contributed by atoms with Gasteiger partial charge < -0.3 is 4.57 Å². The summed E-state index contributed by atoms with van der Waals surface area (Å²) in [6, 6.07) is 11.3. The zero-order valence-electron chi connectivity index (χ0n) is 14.3. The molecule has 5 nitrogen and oxygen atoms in total. The zero-order chi connectivity index (χ0) is 19.0. The molecule has 4 rings (SSSR count). The van der Waals surface area contributed by atoms with Gasteiger partial charge in [-0.2, -0.15) is 0 Å². The summed E-state index contributed by atoms with van der Waals surface area (Å²) in [7, 11) is 1.91. The van der Waals surface area contributed by atoms with Gasteiger partial charge in [0.05, 0.1) is 27.4 Å². The number of hydrogen-bond donors (Lipinski definition) is 0. The minimum absolute atomic E-state index is 0.0485. The van der Waals surface area contributed by atoms with Crippen LogP contribution in [0.15, 0.2) is 64.8 Å². The molecule has 0 bridgehead atoms. The molecule has 2 aromatic carbocycles. The van der Waals surface area contributed by atoms with Crippen molar-refractivity contribution >= 4 is 34.3 Å². The maximum Gasteiger partial charge on any atom is 0.266 e. The third kappa shape index (κ3) is 3.36. The predicted molar refractivity (Wildman–Crippen MR) is 105 cm³/mol. The lowest BCUT2D eigenvalue weighted by Gasteiger charge is -2.13. The Kier molecular flexibility index (Phi) is 4.72. The van der Waals surface area contributed by atoms with E-state index in [0.717, 1.165) is 5.82 Å². The molecule has 0 aliphatic heterocycles. The molecule has 2 heterocycles. The standard InChI is InChI=1S/C19H14ClFN4OS/c1-24-9-8-22-17(24)11-27-19-23-16-5-3-2-4-13(16)18(26)25(19)12-6-7-15(21)14(20)10-12/h2-10H,11H2,1H3. The van der Waals surface area contributed by atoms with Crippen molar-refractivity contribution < 1.29 is 4.39 Å². The SMILES string of the molecule is Cn1ccnc1CSc1nc2ccccc2c(=O)n1-c1ccc(F)c(Cl)c1. The highest BCUT2D eigenvalue weighted by atomic mass is 35.5. The summed E-state index contributed by atoms with van der Waals surface area (Å²) in [5, 5.41) is 0.927. The first-order valence-electron chi connectivity index (χ1n) is 8.11. The molecule has 2 aromatic heterocycles. The van der Waals surface area contributed by atoms with Gasteiger partial charge in [-0.25, -0.2) is 14.4 Å². The molecule has 136 valence electrons. The maximum absolute atomic E-state index is 13.6. The molecule has 0 unspecified atom stereocenters. The number of imidazole rings is 1. The molecule has 4 aromatic rings. The highest BCUT2D eigenvalue weighted by molar-refractivity contribution is 7.98. The van der Waals surface area contributed by atoms with E-state index in [-0.39, 0.29) is 10.6 Å². The molecule has 0 N–H and O–H groups in total. The van der Waals surface area contributed by atoms with E-state index < -0.39 is 5.82 Å². The molecule has 0 saturated carbocycles. The molecule has 0 aliphatic rings. The molecule has 0 amide bonds. The van der Waals surface area contributed by atoms with Gasteiger partial charge in [-0.1, -0.05) is 35.5 Å². The normalized spacial score (nSPS) is 11.2. The van der Waals surface area contributed by atoms with Gasteiger partial charge in [0.2, 0.25) is 0 Å². The van der Waals surface area contributed by atoms with Crippen LogP contribution in [0.1, 0.15) is 5.82 Å². The number of benzene rings is 2. The molecule has 0 radical (unpaired) electrons. The van der Waals surface area contributed by atoms with Crippen LogP contribution in [-0.4, -0.2) is 19.1 Å². The topological polar surface area (TPSA) is 52.7 Å². The zero-order valence-corrected chi connectivity index (χ0v) is 15.8. The molecule has 0 saturated heterocycles. The second-order valence-corrected chi connectivity index (χ2v) is 7.24. The largest absolute Gasteiger partial charge is 0.337 e. The molecular weight excluding hydrogens is 387 g/mol. The lowest BCUT2D eigenvalue weighted by atomic mass is 10.2. The summed E-state index contributed by atoms with van der Waals surface area (Å²) in [6.45, 7) is 0. The first kappa shape index (κ1) is 17.8. The summed E-state index contributed by atoms with van der Waals surface area (Å²) in [5.41, 5.74) is 0.840. The second kappa shape index (κ2) is 7.17. The smallest absolute Gasteiger partial charge is 0.266 e. The van der Waals surface area contributed by atoms with E-state index in [1.165, 1.54) is 34.5 Å². The number of para-hydroxylation sites is 1. The van der Waals surface area contributed by atoms with E-state index >= 15 is 0 Å². The van der Waals surface area contributed by atoms with Crippen molar-refractivity contribution in [3.05, 3.63) is 81.9 Å². The van der Waals surface area contributed by atoms with Crippen molar-refractivity contribution in [1.29, 1.82) is 0 Å². The van der Waals surface area contributed by atoms with E-state index in [0.29, 0.717) is 27.5 Å². The van der Waals surface area contributed by atoms with E-state index in [2.05, 4.69) is 9.97 Å². The van der Waals surface area contributed by atoms with Crippen LogP contribution in [0.5, 0.6) is 0 Å². The van der Waals surface area contributed by atoms with Crippen LogP contribution in [0.25, 0.3) is 16.6 Å². The molecule has 0 aliphatic carbocycles. The Morgan fingerprint density at radius 1 is 1.22 bits per heavy atom. The Hall–Kier alpha value is -2.64. The first-order valence-corrected chi connectivity index (χ1v) is 9.47. The molecule has 0 spiro atoms. The van der Waals surface area contributed by atoms with Crippen molar-refractivity contribution in [3.8, 4) is 5.69 Å². The number of aryl methyl sites for hydroxylation is 1. The lowest BCUT2D eigenvalue weighted by molar-refractivity contribution is 0.627. The van der Waals surface area contributed by atoms with Gasteiger partial charge in [0, 0.05) is 19.4 Å². The summed E-state index contributed by atoms with van der Waals surface area (Å²) in [6.07, 6.45) is 3.58. The van der Waals surface area contributed by atoms with Crippen LogP contribution in [-0.2, 0) is 12.8 Å². The average molecular weight is 401 g/mol. The fourth-order valence-electron chi connectivity index (χ4n) is 2.73. The van der Waals surface area contributed by atoms with Crippen LogP contribution in [0, 0.1) is 5.82 Å². The summed E-state index contributed by atoms with van der Waals surface area (Å²) in [4.78, 5) is 22.1. The quantitative estimate of drug-likeness (QED) is 0.380. The van der Waals surface area contributed by atoms with Gasteiger partial charge in [-0.15, -0.1) is 0 Å². The summed E-state index contributed by atoms with van der Waals surface area (Å²) in [5.74, 6) is 0.846. The first-order chi connectivity index (χ1) is 13.0. The van der Waals surface area contributed by atoms with Crippen LogP contribution in [0.3, 0.4) is 0 Å². The predicted octanol–water partition coefficient (Wildman–Crippen LogP) is 4.20. The third-order valence-electron chi connectivity index (χ3n) is 4.16. The molecule has 8 heteroatoms. The van der Waals surface area contributed by atoms with Crippen LogP contribution in [0.4, 0.5) is 4.39 Å². The van der Waals surface area contributed by atoms with Gasteiger partial charge in [-0.05, 0) is 30.3 Å². The molecule has 0 fully saturated rings. The highest BCUT2D eigenvalue weighted by Crippen LogP contribution is 2.26. The number of thioether (sulfide) groups is 1. The Balaban J connectivity index is 1.88. The monoisotopic (exact) mass is 400 g/mol. The van der Waals surface area contributed by atoms with Crippen LogP contribution >= 0.6 is 23.4 Å². The van der Waals surface area contributed by atoms with E-state index in [4.69, 9.17) is 11.6 Å². The molecular formula is C19H14ClFN4OS. The Morgan fingerprint density at radius 2 is 2.04 bits per heavy atom. The Morgan fingerprint density at radius 3 is 2.78 bits per heavy atom. The number of rotatable bonds is 4. The van der Waals surface area contributed by atoms with Crippen molar-refractivity contribution in [2.24, 2.45) is 7.05 Å². The van der Waals surface area contributed by atoms with Crippen molar-refractivity contribution in [1.82, 2.24) is 19.1 Å². The van der Waals surface area contributed by atoms with E-state index in [9.17, 15) is 9.18 Å². The number of fused-ring (bicyclic) bond motifs is 1. The summed E-state index contributed by atoms with van der Waals surface area (Å²) < 4.78 is 17.0. The van der Waals surface area contributed by atoms with Crippen molar-refractivity contribution in [3.63, 3.8) is 0 Å². The van der Waals surface area contributed by atoms with Crippen molar-refractivity contribution in [2.75, 3.05) is 0 Å². The summed E-state index contributed by atoms with van der Waals surface area (Å²) >= 11 is 7.32. The number of aromatic nitrogens is 4. The van der Waals surface area contributed by atoms with Crippen LogP contribution < -0.4 is 5.56 Å². The van der Waals surface area contributed by atoms with Gasteiger partial charge in [-0.3, -0.25) is 9.36 Å². The maximum atomic E-state index is 13.6. The number of nitrogens with zero attached hydrogens (tertiary/aromatic N) is 4. The van der Waals surface area contributed by atoms with Gasteiger partial charge in [0.25, 0.3) is 5.56 Å². The van der Waals surface area contributed by atoms with Crippen molar-refractivity contribution in [2.45, 2.75) is 10.9 Å². The number of halogens is 2. The van der Waals surface area contributed by atoms with E-state index in [1.807, 2.05) is 23.9 Å². The van der Waals surface area contributed by atoms with Crippen LogP contribution in [0.2, 0.25) is 5.02 Å². The lowest BCUT2D eigenvalue weighted by Crippen LogP contribution is -2.22. The highest BCUT2D eigenvalue weighted by Gasteiger charge is 2.15. The fraction of sp³-hybridized carbons (Fsp3) is 0.105. The third-order valence-corrected chi connectivity index (χ3v) is 5.38. The van der Waals surface area contributed by atoms with E-state index in [1.54, 1.807) is 24.4 Å². The molecule has 0 atom stereocenters. The Labute approximate surface area is 163 Å². The minimum Gasteiger partial charge on any atom is -0.337 e. The Bertz CT molecular complexity index is 1200. The average Bonchev–Trinajstić information content (AvgIpc) is 3.07. The molecule has 27 heavy (non-hydrogen) atoms. The van der Waals surface area contributed by atoms with Gasteiger partial charge in [0.1, 0.15) is 11.6 Å². The van der Waals surface area contributed by atoms with Gasteiger partial charge in [0.15, 0.2) is 5.16 Å². The minimum atomic E-state index is -0.538. The fourth-order valence-corrected chi connectivity index (χ4v) is 3.92. The second-order valence-electron chi connectivity index (χ2n) is 5.89.